The minimum absolute atomic E-state index is 0.188. The fraction of sp³-hybridized carbons (Fsp3) is 0.917. The van der Waals surface area contributed by atoms with E-state index in [4.69, 9.17) is 4.74 Å². The van der Waals surface area contributed by atoms with E-state index in [0.29, 0.717) is 12.6 Å². The zero-order valence-corrected chi connectivity index (χ0v) is 10.5. The molecule has 1 fully saturated rings. The number of nitrogens with zero attached hydrogens (tertiary/aromatic N) is 1. The molecule has 0 radical (unpaired) electrons. The number of rotatable bonds is 6. The molecule has 4 heteroatoms. The van der Waals surface area contributed by atoms with Crippen LogP contribution in [0.25, 0.3) is 0 Å². The van der Waals surface area contributed by atoms with Crippen molar-refractivity contribution < 1.29 is 14.6 Å². The molecule has 0 aromatic carbocycles. The number of methoxy groups -OCH3 is 1. The van der Waals surface area contributed by atoms with Crippen LogP contribution in [0.2, 0.25) is 0 Å². The molecule has 1 aliphatic rings. The zero-order valence-electron chi connectivity index (χ0n) is 10.5. The second-order valence-corrected chi connectivity index (χ2v) is 4.77. The third kappa shape index (κ3) is 3.19. The van der Waals surface area contributed by atoms with Crippen LogP contribution in [0.4, 0.5) is 0 Å². The average Bonchev–Trinajstić information content (AvgIpc) is 2.66. The summed E-state index contributed by atoms with van der Waals surface area (Å²) in [5.74, 6) is -0.843. The summed E-state index contributed by atoms with van der Waals surface area (Å²) in [5, 5.41) is 9.18. The van der Waals surface area contributed by atoms with Gasteiger partial charge in [-0.2, -0.15) is 0 Å². The van der Waals surface area contributed by atoms with Crippen LogP contribution in [0.1, 0.15) is 33.1 Å². The lowest BCUT2D eigenvalue weighted by atomic mass is 10.0. The van der Waals surface area contributed by atoms with E-state index in [-0.39, 0.29) is 12.0 Å². The number of carboxylic acids is 1. The maximum atomic E-state index is 11.2. The van der Waals surface area contributed by atoms with Gasteiger partial charge in [-0.25, -0.2) is 0 Å². The molecule has 94 valence electrons. The van der Waals surface area contributed by atoms with Gasteiger partial charge in [-0.1, -0.05) is 6.42 Å². The van der Waals surface area contributed by atoms with E-state index in [1.165, 1.54) is 0 Å². The Labute approximate surface area is 97.6 Å². The molecule has 1 aliphatic carbocycles. The summed E-state index contributed by atoms with van der Waals surface area (Å²) in [4.78, 5) is 13.4. The Balaban J connectivity index is 2.65. The topological polar surface area (TPSA) is 49.8 Å². The quantitative estimate of drug-likeness (QED) is 0.751. The van der Waals surface area contributed by atoms with Crippen molar-refractivity contribution in [1.82, 2.24) is 4.90 Å². The van der Waals surface area contributed by atoms with Gasteiger partial charge in [0.2, 0.25) is 0 Å². The molecule has 1 N–H and O–H groups in total. The van der Waals surface area contributed by atoms with Gasteiger partial charge in [-0.3, -0.25) is 9.69 Å². The van der Waals surface area contributed by atoms with Gasteiger partial charge in [-0.15, -0.1) is 0 Å². The number of aliphatic carboxylic acids is 1. The van der Waals surface area contributed by atoms with Gasteiger partial charge in [-0.05, 0) is 26.7 Å². The normalized spacial score (nSPS) is 25.6. The maximum Gasteiger partial charge on any atom is 0.308 e. The van der Waals surface area contributed by atoms with Gasteiger partial charge in [0.1, 0.15) is 0 Å². The smallest absolute Gasteiger partial charge is 0.308 e. The number of hydrogen-bond acceptors (Lipinski definition) is 3. The van der Waals surface area contributed by atoms with Crippen molar-refractivity contribution in [2.24, 2.45) is 5.92 Å². The van der Waals surface area contributed by atoms with Crippen molar-refractivity contribution in [2.45, 2.75) is 45.2 Å². The first-order chi connectivity index (χ1) is 7.57. The van der Waals surface area contributed by atoms with E-state index < -0.39 is 5.97 Å². The first-order valence-electron chi connectivity index (χ1n) is 6.05. The molecule has 0 bridgehead atoms. The van der Waals surface area contributed by atoms with Crippen LogP contribution in [0.15, 0.2) is 0 Å². The molecule has 2 unspecified atom stereocenters. The van der Waals surface area contributed by atoms with Crippen LogP contribution in [0, 0.1) is 5.92 Å². The second-order valence-electron chi connectivity index (χ2n) is 4.77. The molecule has 0 amide bonds. The summed E-state index contributed by atoms with van der Waals surface area (Å²) in [6.07, 6.45) is 2.84. The van der Waals surface area contributed by atoms with Crippen molar-refractivity contribution in [3.63, 3.8) is 0 Å². The van der Waals surface area contributed by atoms with Crippen molar-refractivity contribution in [3.05, 3.63) is 0 Å². The Morgan fingerprint density at radius 2 is 2.19 bits per heavy atom. The van der Waals surface area contributed by atoms with Crippen LogP contribution in [-0.4, -0.2) is 48.3 Å². The Morgan fingerprint density at radius 3 is 2.69 bits per heavy atom. The van der Waals surface area contributed by atoms with Gasteiger partial charge >= 0.3 is 5.97 Å². The van der Waals surface area contributed by atoms with E-state index in [9.17, 15) is 9.90 Å². The summed E-state index contributed by atoms with van der Waals surface area (Å²) in [6, 6.07) is 0.563. The molecular formula is C12H23NO3. The minimum atomic E-state index is -0.648. The third-order valence-corrected chi connectivity index (χ3v) is 3.44. The Morgan fingerprint density at radius 1 is 1.50 bits per heavy atom. The molecule has 4 nitrogen and oxygen atoms in total. The zero-order chi connectivity index (χ0) is 12.1. The molecule has 0 saturated heterocycles. The molecule has 0 aromatic heterocycles. The first-order valence-corrected chi connectivity index (χ1v) is 6.05. The predicted molar refractivity (Wildman–Crippen MR) is 62.5 cm³/mol. The van der Waals surface area contributed by atoms with Gasteiger partial charge in [0.15, 0.2) is 0 Å². The SMILES string of the molecule is COCCN(C(C)C)C1CCCC1C(=O)O. The summed E-state index contributed by atoms with van der Waals surface area (Å²) < 4.78 is 5.09. The molecule has 1 saturated carbocycles. The van der Waals surface area contributed by atoms with E-state index in [1.807, 2.05) is 0 Å². The average molecular weight is 229 g/mol. The van der Waals surface area contributed by atoms with Crippen LogP contribution in [-0.2, 0) is 9.53 Å². The fourth-order valence-corrected chi connectivity index (χ4v) is 2.63. The Hall–Kier alpha value is -0.610. The van der Waals surface area contributed by atoms with Crippen molar-refractivity contribution in [1.29, 1.82) is 0 Å². The number of carboxylic acid groups (broad SMARTS) is 1. The highest BCUT2D eigenvalue weighted by atomic mass is 16.5. The van der Waals surface area contributed by atoms with Gasteiger partial charge in [0, 0.05) is 25.7 Å². The summed E-state index contributed by atoms with van der Waals surface area (Å²) in [7, 11) is 1.68. The third-order valence-electron chi connectivity index (χ3n) is 3.44. The molecule has 16 heavy (non-hydrogen) atoms. The number of hydrogen-bond donors (Lipinski definition) is 1. The van der Waals surface area contributed by atoms with Crippen LogP contribution in [0.5, 0.6) is 0 Å². The highest BCUT2D eigenvalue weighted by Gasteiger charge is 2.37. The molecular weight excluding hydrogens is 206 g/mol. The fourth-order valence-electron chi connectivity index (χ4n) is 2.63. The predicted octanol–water partition coefficient (Wildman–Crippen LogP) is 1.60. The number of ether oxygens (including phenoxy) is 1. The summed E-state index contributed by atoms with van der Waals surface area (Å²) in [5.41, 5.74) is 0. The maximum absolute atomic E-state index is 11.2. The summed E-state index contributed by atoms with van der Waals surface area (Å²) >= 11 is 0. The first kappa shape index (κ1) is 13.5. The molecule has 0 aliphatic heterocycles. The number of carbonyl (C=O) groups is 1. The molecule has 2 atom stereocenters. The standard InChI is InChI=1S/C12H23NO3/c1-9(2)13(7-8-16-3)11-6-4-5-10(11)12(14)15/h9-11H,4-8H2,1-3H3,(H,14,15). The lowest BCUT2D eigenvalue weighted by Gasteiger charge is -2.34. The molecule has 0 heterocycles. The highest BCUT2D eigenvalue weighted by Crippen LogP contribution is 2.31. The van der Waals surface area contributed by atoms with Gasteiger partial charge in [0.25, 0.3) is 0 Å². The summed E-state index contributed by atoms with van der Waals surface area (Å²) in [6.45, 7) is 5.73. The molecule has 0 aromatic rings. The van der Waals surface area contributed by atoms with Gasteiger partial charge < -0.3 is 9.84 Å². The van der Waals surface area contributed by atoms with Crippen molar-refractivity contribution >= 4 is 5.97 Å². The second kappa shape index (κ2) is 6.21. The Bertz CT molecular complexity index is 230. The van der Waals surface area contributed by atoms with E-state index >= 15 is 0 Å². The largest absolute Gasteiger partial charge is 0.481 e. The lowest BCUT2D eigenvalue weighted by Crippen LogP contribution is -2.46. The minimum Gasteiger partial charge on any atom is -0.481 e. The molecule has 0 spiro atoms. The van der Waals surface area contributed by atoms with Crippen LogP contribution in [0.3, 0.4) is 0 Å². The van der Waals surface area contributed by atoms with Gasteiger partial charge in [0.05, 0.1) is 12.5 Å². The molecule has 1 rings (SSSR count). The van der Waals surface area contributed by atoms with Crippen molar-refractivity contribution in [3.8, 4) is 0 Å². The Kier molecular flexibility index (Phi) is 5.22. The monoisotopic (exact) mass is 229 g/mol. The van der Waals surface area contributed by atoms with Crippen LogP contribution >= 0.6 is 0 Å². The van der Waals surface area contributed by atoms with E-state index in [2.05, 4.69) is 18.7 Å². The van der Waals surface area contributed by atoms with Crippen LogP contribution < -0.4 is 0 Å². The van der Waals surface area contributed by atoms with E-state index in [1.54, 1.807) is 7.11 Å². The highest BCUT2D eigenvalue weighted by molar-refractivity contribution is 5.71. The lowest BCUT2D eigenvalue weighted by molar-refractivity contribution is -0.143. The van der Waals surface area contributed by atoms with Crippen molar-refractivity contribution in [2.75, 3.05) is 20.3 Å². The van der Waals surface area contributed by atoms with E-state index in [0.717, 1.165) is 25.8 Å².